The van der Waals surface area contributed by atoms with Gasteiger partial charge in [-0.1, -0.05) is 91.4 Å². The number of nitrogens with zero attached hydrogens (tertiary/aromatic N) is 2. The summed E-state index contributed by atoms with van der Waals surface area (Å²) in [5.41, 5.74) is 17.6. The third kappa shape index (κ3) is 7.34. The van der Waals surface area contributed by atoms with E-state index in [1.807, 2.05) is 0 Å². The molecule has 0 saturated carbocycles. The highest BCUT2D eigenvalue weighted by Crippen LogP contribution is 2.43. The molecule has 0 spiro atoms. The van der Waals surface area contributed by atoms with Gasteiger partial charge in [0, 0.05) is 22.7 Å². The minimum Gasteiger partial charge on any atom is -0.310 e. The molecule has 0 amide bonds. The maximum absolute atomic E-state index is 2.44. The van der Waals surface area contributed by atoms with Crippen molar-refractivity contribution in [2.75, 3.05) is 9.80 Å². The van der Waals surface area contributed by atoms with E-state index in [0.29, 0.717) is 0 Å². The largest absolute Gasteiger partial charge is 0.310 e. The van der Waals surface area contributed by atoms with Crippen LogP contribution in [0.15, 0.2) is 97.1 Å². The Morgan fingerprint density at radius 3 is 1.13 bits per heavy atom. The van der Waals surface area contributed by atoms with Gasteiger partial charge in [-0.25, -0.2) is 0 Å². The normalized spacial score (nSPS) is 11.1. The third-order valence-corrected chi connectivity index (χ3v) is 8.90. The molecule has 5 rings (SSSR count). The lowest BCUT2D eigenvalue weighted by Gasteiger charge is -2.31. The highest BCUT2D eigenvalue weighted by atomic mass is 15.2. The SMILES string of the molecule is CCCCCCc1cc(C)c(N(c2ccc(C)cc2)c2ccc(N(c3ccc(C)cc3)c3c(C)cc(C)cc3C)cc2)c(C)c1. The maximum atomic E-state index is 2.44. The Balaban J connectivity index is 1.59. The van der Waals surface area contributed by atoms with Crippen LogP contribution in [0.5, 0.6) is 0 Å². The van der Waals surface area contributed by atoms with Crippen molar-refractivity contribution in [1.29, 1.82) is 0 Å². The average Bonchev–Trinajstić information content (AvgIpc) is 3.00. The van der Waals surface area contributed by atoms with Crippen molar-refractivity contribution >= 4 is 34.1 Å². The average molecular weight is 595 g/mol. The number of rotatable bonds is 11. The summed E-state index contributed by atoms with van der Waals surface area (Å²) in [7, 11) is 0. The molecule has 5 aromatic rings. The van der Waals surface area contributed by atoms with Gasteiger partial charge in [0.2, 0.25) is 0 Å². The maximum Gasteiger partial charge on any atom is 0.0520 e. The number of hydrogen-bond acceptors (Lipinski definition) is 2. The van der Waals surface area contributed by atoms with E-state index in [4.69, 9.17) is 0 Å². The van der Waals surface area contributed by atoms with Gasteiger partial charge >= 0.3 is 0 Å². The molecule has 0 heterocycles. The smallest absolute Gasteiger partial charge is 0.0520 e. The molecule has 0 atom stereocenters. The fraction of sp³-hybridized carbons (Fsp3) is 0.302. The van der Waals surface area contributed by atoms with Crippen molar-refractivity contribution in [2.45, 2.75) is 87.5 Å². The van der Waals surface area contributed by atoms with Gasteiger partial charge in [-0.15, -0.1) is 0 Å². The minimum absolute atomic E-state index is 1.15. The summed E-state index contributed by atoms with van der Waals surface area (Å²) in [5, 5.41) is 0. The Kier molecular flexibility index (Phi) is 10.1. The van der Waals surface area contributed by atoms with E-state index in [-0.39, 0.29) is 0 Å². The van der Waals surface area contributed by atoms with Gasteiger partial charge in [-0.2, -0.15) is 0 Å². The first-order valence-electron chi connectivity index (χ1n) is 16.7. The van der Waals surface area contributed by atoms with Crippen LogP contribution in [0.25, 0.3) is 0 Å². The van der Waals surface area contributed by atoms with Gasteiger partial charge in [0.25, 0.3) is 0 Å². The summed E-state index contributed by atoms with van der Waals surface area (Å²) in [4.78, 5) is 4.85. The molecule has 2 heteroatoms. The molecule has 0 radical (unpaired) electrons. The van der Waals surface area contributed by atoms with Crippen LogP contribution in [0.2, 0.25) is 0 Å². The molecule has 0 aliphatic carbocycles. The van der Waals surface area contributed by atoms with Crippen molar-refractivity contribution in [3.05, 3.63) is 142 Å². The standard InChI is InChI=1S/C43H50N2/c1-9-10-11-12-13-37-28-35(7)43(36(8)29-37)45(39-20-16-31(3)17-21-39)41-24-22-40(23-25-41)44(38-18-14-30(2)15-19-38)42-33(5)26-32(4)27-34(42)6/h14-29H,9-13H2,1-8H3. The quantitative estimate of drug-likeness (QED) is 0.140. The Morgan fingerprint density at radius 2 is 0.756 bits per heavy atom. The van der Waals surface area contributed by atoms with Crippen LogP contribution < -0.4 is 9.80 Å². The number of anilines is 6. The van der Waals surface area contributed by atoms with Gasteiger partial charge < -0.3 is 9.80 Å². The number of hydrogen-bond donors (Lipinski definition) is 0. The van der Waals surface area contributed by atoms with Gasteiger partial charge in [0.15, 0.2) is 0 Å². The zero-order chi connectivity index (χ0) is 32.1. The summed E-state index contributed by atoms with van der Waals surface area (Å²) >= 11 is 0. The predicted molar refractivity (Wildman–Crippen MR) is 197 cm³/mol. The van der Waals surface area contributed by atoms with E-state index >= 15 is 0 Å². The summed E-state index contributed by atoms with van der Waals surface area (Å²) in [6, 6.07) is 36.3. The van der Waals surface area contributed by atoms with Crippen LogP contribution in [-0.4, -0.2) is 0 Å². The fourth-order valence-electron chi connectivity index (χ4n) is 6.78. The molecule has 0 unspecified atom stereocenters. The Labute approximate surface area is 272 Å². The van der Waals surface area contributed by atoms with Crippen molar-refractivity contribution in [3.63, 3.8) is 0 Å². The van der Waals surface area contributed by atoms with Gasteiger partial charge in [-0.05, 0) is 138 Å². The first-order chi connectivity index (χ1) is 21.7. The number of unbranched alkanes of at least 4 members (excludes halogenated alkanes) is 3. The van der Waals surface area contributed by atoms with Crippen molar-refractivity contribution in [1.82, 2.24) is 0 Å². The molecule has 0 bridgehead atoms. The molecule has 0 aromatic heterocycles. The molecular formula is C43H50N2. The zero-order valence-electron chi connectivity index (χ0n) is 28.7. The molecule has 0 aliphatic rings. The minimum atomic E-state index is 1.15. The molecule has 45 heavy (non-hydrogen) atoms. The summed E-state index contributed by atoms with van der Waals surface area (Å²) < 4.78 is 0. The molecule has 0 saturated heterocycles. The monoisotopic (exact) mass is 594 g/mol. The summed E-state index contributed by atoms with van der Waals surface area (Å²) in [5.74, 6) is 0. The second-order valence-corrected chi connectivity index (χ2v) is 13.0. The summed E-state index contributed by atoms with van der Waals surface area (Å²) in [6.07, 6.45) is 6.30. The number of benzene rings is 5. The van der Waals surface area contributed by atoms with Crippen LogP contribution in [0.1, 0.15) is 77.1 Å². The van der Waals surface area contributed by atoms with Crippen LogP contribution in [0.3, 0.4) is 0 Å². The third-order valence-electron chi connectivity index (χ3n) is 8.90. The van der Waals surface area contributed by atoms with Crippen molar-refractivity contribution < 1.29 is 0 Å². The lowest BCUT2D eigenvalue weighted by molar-refractivity contribution is 0.666. The second kappa shape index (κ2) is 14.2. The predicted octanol–water partition coefficient (Wildman–Crippen LogP) is 12.9. The Bertz CT molecular complexity index is 1680. The zero-order valence-corrected chi connectivity index (χ0v) is 28.7. The molecular weight excluding hydrogens is 544 g/mol. The van der Waals surface area contributed by atoms with Gasteiger partial charge in [0.05, 0.1) is 11.4 Å². The lowest BCUT2D eigenvalue weighted by atomic mass is 9.98. The van der Waals surface area contributed by atoms with Crippen LogP contribution >= 0.6 is 0 Å². The molecule has 232 valence electrons. The van der Waals surface area contributed by atoms with E-state index in [1.54, 1.807) is 0 Å². The lowest BCUT2D eigenvalue weighted by Crippen LogP contribution is -2.15. The highest BCUT2D eigenvalue weighted by molar-refractivity contribution is 5.84. The van der Waals surface area contributed by atoms with E-state index in [9.17, 15) is 0 Å². The molecule has 0 N–H and O–H groups in total. The molecule has 5 aromatic carbocycles. The van der Waals surface area contributed by atoms with Gasteiger partial charge in [-0.3, -0.25) is 0 Å². The fourth-order valence-corrected chi connectivity index (χ4v) is 6.78. The highest BCUT2D eigenvalue weighted by Gasteiger charge is 2.21. The summed E-state index contributed by atoms with van der Waals surface area (Å²) in [6.45, 7) is 17.8. The van der Waals surface area contributed by atoms with Crippen LogP contribution in [0.4, 0.5) is 34.1 Å². The molecule has 2 nitrogen and oxygen atoms in total. The second-order valence-electron chi connectivity index (χ2n) is 13.0. The van der Waals surface area contributed by atoms with E-state index < -0.39 is 0 Å². The molecule has 0 aliphatic heterocycles. The molecule has 0 fully saturated rings. The Hall–Kier alpha value is -4.30. The Morgan fingerprint density at radius 1 is 0.400 bits per heavy atom. The van der Waals surface area contributed by atoms with Crippen LogP contribution in [0, 0.1) is 48.5 Å². The van der Waals surface area contributed by atoms with E-state index in [2.05, 4.69) is 162 Å². The first-order valence-corrected chi connectivity index (χ1v) is 16.7. The van der Waals surface area contributed by atoms with Crippen molar-refractivity contribution in [2.24, 2.45) is 0 Å². The first kappa shape index (κ1) is 32.1. The van der Waals surface area contributed by atoms with E-state index in [1.165, 1.54) is 92.9 Å². The topological polar surface area (TPSA) is 6.48 Å². The van der Waals surface area contributed by atoms with Crippen molar-refractivity contribution in [3.8, 4) is 0 Å². The number of aryl methyl sites for hydroxylation is 8. The van der Waals surface area contributed by atoms with Gasteiger partial charge in [0.1, 0.15) is 0 Å². The van der Waals surface area contributed by atoms with E-state index in [0.717, 1.165) is 17.8 Å². The van der Waals surface area contributed by atoms with Crippen LogP contribution in [-0.2, 0) is 6.42 Å².